The van der Waals surface area contributed by atoms with E-state index in [0.29, 0.717) is 11.1 Å². The monoisotopic (exact) mass is 298 g/mol. The van der Waals surface area contributed by atoms with Gasteiger partial charge in [-0.25, -0.2) is 8.42 Å². The second-order valence-electron chi connectivity index (χ2n) is 4.77. The summed E-state index contributed by atoms with van der Waals surface area (Å²) in [5.74, 6) is 0. The number of hydrogen-bond donors (Lipinski definition) is 1. The van der Waals surface area contributed by atoms with Gasteiger partial charge in [0, 0.05) is 11.6 Å². The van der Waals surface area contributed by atoms with Crippen molar-refractivity contribution in [1.29, 1.82) is 0 Å². The number of aromatic nitrogens is 1. The molecule has 0 amide bonds. The molecule has 2 aromatic carbocycles. The second kappa shape index (κ2) is 5.18. The van der Waals surface area contributed by atoms with Crippen LogP contribution in [-0.4, -0.2) is 13.4 Å². The maximum absolute atomic E-state index is 12.6. The third kappa shape index (κ3) is 2.60. The average molecular weight is 298 g/mol. The zero-order valence-electron chi connectivity index (χ0n) is 11.4. The molecule has 0 aliphatic carbocycles. The highest BCUT2D eigenvalue weighted by molar-refractivity contribution is 7.93. The van der Waals surface area contributed by atoms with Crippen molar-refractivity contribution < 1.29 is 8.42 Å². The Morgan fingerprint density at radius 3 is 2.57 bits per heavy atom. The number of rotatable bonds is 3. The lowest BCUT2D eigenvalue weighted by molar-refractivity contribution is 0.602. The highest BCUT2D eigenvalue weighted by Gasteiger charge is 2.17. The summed E-state index contributed by atoms with van der Waals surface area (Å²) < 4.78 is 27.9. The number of pyridine rings is 1. The number of sulfonamides is 1. The summed E-state index contributed by atoms with van der Waals surface area (Å²) in [7, 11) is -3.65. The standard InChI is InChI=1S/C16H14N2O2S/c1-12-9-10-17-11-15(12)18-21(19,20)16-8-4-6-13-5-2-3-7-14(13)16/h2-11,18H,1H3. The third-order valence-corrected chi connectivity index (χ3v) is 4.75. The van der Waals surface area contributed by atoms with Gasteiger partial charge in [0.1, 0.15) is 0 Å². The minimum Gasteiger partial charge on any atom is -0.278 e. The lowest BCUT2D eigenvalue weighted by Crippen LogP contribution is -2.14. The highest BCUT2D eigenvalue weighted by atomic mass is 32.2. The molecule has 106 valence electrons. The van der Waals surface area contributed by atoms with Crippen LogP contribution in [0.4, 0.5) is 5.69 Å². The Hall–Kier alpha value is -2.40. The van der Waals surface area contributed by atoms with Crippen molar-refractivity contribution >= 4 is 26.5 Å². The van der Waals surface area contributed by atoms with Crippen LogP contribution in [-0.2, 0) is 10.0 Å². The van der Waals surface area contributed by atoms with E-state index < -0.39 is 10.0 Å². The van der Waals surface area contributed by atoms with Crippen LogP contribution >= 0.6 is 0 Å². The molecule has 5 heteroatoms. The molecule has 3 rings (SSSR count). The van der Waals surface area contributed by atoms with Crippen molar-refractivity contribution in [2.45, 2.75) is 11.8 Å². The van der Waals surface area contributed by atoms with Crippen molar-refractivity contribution in [2.75, 3.05) is 4.72 Å². The van der Waals surface area contributed by atoms with Gasteiger partial charge in [-0.1, -0.05) is 36.4 Å². The number of nitrogens with one attached hydrogen (secondary N) is 1. The number of aryl methyl sites for hydroxylation is 1. The van der Waals surface area contributed by atoms with Crippen molar-refractivity contribution in [2.24, 2.45) is 0 Å². The van der Waals surface area contributed by atoms with E-state index in [-0.39, 0.29) is 4.90 Å². The van der Waals surface area contributed by atoms with Crippen molar-refractivity contribution in [1.82, 2.24) is 4.98 Å². The van der Waals surface area contributed by atoms with E-state index in [1.165, 1.54) is 6.20 Å². The van der Waals surface area contributed by atoms with E-state index in [9.17, 15) is 8.42 Å². The lowest BCUT2D eigenvalue weighted by atomic mass is 10.1. The minimum absolute atomic E-state index is 0.267. The molecule has 4 nitrogen and oxygen atoms in total. The number of fused-ring (bicyclic) bond motifs is 1. The minimum atomic E-state index is -3.65. The van der Waals surface area contributed by atoms with Gasteiger partial charge in [0.15, 0.2) is 0 Å². The van der Waals surface area contributed by atoms with E-state index in [1.807, 2.05) is 31.2 Å². The lowest BCUT2D eigenvalue weighted by Gasteiger charge is -2.11. The molecule has 0 unspecified atom stereocenters. The van der Waals surface area contributed by atoms with Gasteiger partial charge in [-0.2, -0.15) is 0 Å². The van der Waals surface area contributed by atoms with Crippen LogP contribution in [0.15, 0.2) is 65.8 Å². The first-order valence-electron chi connectivity index (χ1n) is 6.49. The quantitative estimate of drug-likeness (QED) is 0.806. The van der Waals surface area contributed by atoms with Gasteiger partial charge in [0.05, 0.1) is 16.8 Å². The van der Waals surface area contributed by atoms with Gasteiger partial charge in [0.25, 0.3) is 10.0 Å². The Labute approximate surface area is 123 Å². The molecule has 21 heavy (non-hydrogen) atoms. The van der Waals surface area contributed by atoms with Crippen molar-refractivity contribution in [3.8, 4) is 0 Å². The molecule has 0 radical (unpaired) electrons. The molecule has 3 aromatic rings. The van der Waals surface area contributed by atoms with Crippen LogP contribution in [0.25, 0.3) is 10.8 Å². The summed E-state index contributed by atoms with van der Waals surface area (Å²) in [5.41, 5.74) is 1.32. The molecule has 0 saturated carbocycles. The van der Waals surface area contributed by atoms with Gasteiger partial charge < -0.3 is 0 Å². The maximum atomic E-state index is 12.6. The third-order valence-electron chi connectivity index (χ3n) is 3.32. The van der Waals surface area contributed by atoms with E-state index in [4.69, 9.17) is 0 Å². The molecule has 0 fully saturated rings. The Bertz CT molecular complexity index is 900. The molecule has 0 spiro atoms. The van der Waals surface area contributed by atoms with Gasteiger partial charge in [-0.05, 0) is 30.0 Å². The Morgan fingerprint density at radius 2 is 1.76 bits per heavy atom. The van der Waals surface area contributed by atoms with Gasteiger partial charge in [-0.3, -0.25) is 9.71 Å². The fourth-order valence-corrected chi connectivity index (χ4v) is 3.55. The first-order chi connectivity index (χ1) is 10.1. The zero-order valence-corrected chi connectivity index (χ0v) is 12.3. The molecule has 0 atom stereocenters. The summed E-state index contributed by atoms with van der Waals surface area (Å²) in [4.78, 5) is 4.23. The van der Waals surface area contributed by atoms with Crippen LogP contribution in [0, 0.1) is 6.92 Å². The summed E-state index contributed by atoms with van der Waals surface area (Å²) >= 11 is 0. The normalized spacial score (nSPS) is 11.5. The van der Waals surface area contributed by atoms with Crippen LogP contribution in [0.3, 0.4) is 0 Å². The van der Waals surface area contributed by atoms with Crippen LogP contribution < -0.4 is 4.72 Å². The predicted octanol–water partition coefficient (Wildman–Crippen LogP) is 3.34. The molecule has 1 heterocycles. The molecular weight excluding hydrogens is 284 g/mol. The van der Waals surface area contributed by atoms with Crippen molar-refractivity contribution in [3.63, 3.8) is 0 Å². The number of benzene rings is 2. The first-order valence-corrected chi connectivity index (χ1v) is 7.97. The highest BCUT2D eigenvalue weighted by Crippen LogP contribution is 2.25. The summed E-state index contributed by atoms with van der Waals surface area (Å²) in [6.07, 6.45) is 3.14. The van der Waals surface area contributed by atoms with E-state index in [0.717, 1.165) is 10.9 Å². The molecule has 1 aromatic heterocycles. The zero-order chi connectivity index (χ0) is 14.9. The van der Waals surface area contributed by atoms with Crippen molar-refractivity contribution in [3.05, 3.63) is 66.5 Å². The smallest absolute Gasteiger partial charge is 0.262 e. The fraction of sp³-hybridized carbons (Fsp3) is 0.0625. The SMILES string of the molecule is Cc1ccncc1NS(=O)(=O)c1cccc2ccccc12. The summed E-state index contributed by atoms with van der Waals surface area (Å²) in [6.45, 7) is 1.84. The van der Waals surface area contributed by atoms with Gasteiger partial charge in [0.2, 0.25) is 0 Å². The van der Waals surface area contributed by atoms with Gasteiger partial charge >= 0.3 is 0 Å². The average Bonchev–Trinajstić information content (AvgIpc) is 2.49. The number of nitrogens with zero attached hydrogens (tertiary/aromatic N) is 1. The molecular formula is C16H14N2O2S. The van der Waals surface area contributed by atoms with Crippen LogP contribution in [0.5, 0.6) is 0 Å². The second-order valence-corrected chi connectivity index (χ2v) is 6.42. The van der Waals surface area contributed by atoms with E-state index >= 15 is 0 Å². The topological polar surface area (TPSA) is 59.1 Å². The maximum Gasteiger partial charge on any atom is 0.262 e. The number of hydrogen-bond acceptors (Lipinski definition) is 3. The Kier molecular flexibility index (Phi) is 3.35. The summed E-state index contributed by atoms with van der Waals surface area (Å²) in [6, 6.07) is 14.4. The molecule has 0 aliphatic heterocycles. The Balaban J connectivity index is 2.11. The first kappa shape index (κ1) is 13.6. The van der Waals surface area contributed by atoms with Crippen LogP contribution in [0.2, 0.25) is 0 Å². The van der Waals surface area contributed by atoms with E-state index in [1.54, 1.807) is 30.5 Å². The number of anilines is 1. The molecule has 0 aliphatic rings. The van der Waals surface area contributed by atoms with Crippen LogP contribution in [0.1, 0.15) is 5.56 Å². The fourth-order valence-electron chi connectivity index (χ4n) is 2.20. The summed E-state index contributed by atoms with van der Waals surface area (Å²) in [5, 5.41) is 1.59. The molecule has 1 N–H and O–H groups in total. The molecule has 0 bridgehead atoms. The van der Waals surface area contributed by atoms with E-state index in [2.05, 4.69) is 9.71 Å². The largest absolute Gasteiger partial charge is 0.278 e. The molecule has 0 saturated heterocycles. The predicted molar refractivity (Wildman–Crippen MR) is 83.7 cm³/mol. The van der Waals surface area contributed by atoms with Gasteiger partial charge in [-0.15, -0.1) is 0 Å². The Morgan fingerprint density at radius 1 is 1.00 bits per heavy atom.